The molecule has 2 fully saturated rings. The summed E-state index contributed by atoms with van der Waals surface area (Å²) in [5, 5.41) is 67.3. The number of hydrogen-bond donors (Lipinski definition) is 7. The molecule has 7 N–H and O–H groups in total. The second-order valence-corrected chi connectivity index (χ2v) is 5.55. The third-order valence-electron chi connectivity index (χ3n) is 3.90. The maximum Gasteiger partial charge on any atom is 0.335 e. The molecule has 0 aromatic heterocycles. The first-order chi connectivity index (χ1) is 10.6. The van der Waals surface area contributed by atoms with Gasteiger partial charge in [-0.15, -0.1) is 0 Å². The normalized spacial score (nSPS) is 51.4. The molecule has 11 heteroatoms. The van der Waals surface area contributed by atoms with Crippen molar-refractivity contribution in [3.05, 3.63) is 0 Å². The van der Waals surface area contributed by atoms with E-state index in [-0.39, 0.29) is 0 Å². The summed E-state index contributed by atoms with van der Waals surface area (Å²) < 4.78 is 14.9. The largest absolute Gasteiger partial charge is 0.479 e. The van der Waals surface area contributed by atoms with Crippen molar-refractivity contribution in [2.24, 2.45) is 0 Å². The minimum Gasteiger partial charge on any atom is -0.479 e. The topological polar surface area (TPSA) is 186 Å². The fraction of sp³-hybridized carbons (Fsp3) is 0.917. The van der Waals surface area contributed by atoms with Crippen molar-refractivity contribution in [3.8, 4) is 0 Å². The van der Waals surface area contributed by atoms with Crippen molar-refractivity contribution in [1.82, 2.24) is 0 Å². The van der Waals surface area contributed by atoms with Crippen LogP contribution in [0.3, 0.4) is 0 Å². The maximum absolute atomic E-state index is 11.0. The average molecular weight is 340 g/mol. The molecule has 0 spiro atoms. The first-order valence-corrected chi connectivity index (χ1v) is 6.92. The third-order valence-corrected chi connectivity index (χ3v) is 3.90. The van der Waals surface area contributed by atoms with Gasteiger partial charge in [0.2, 0.25) is 0 Å². The number of carboxylic acid groups (broad SMARTS) is 1. The Bertz CT molecular complexity index is 417. The number of rotatable bonds is 3. The van der Waals surface area contributed by atoms with Gasteiger partial charge in [-0.3, -0.25) is 0 Å². The first-order valence-electron chi connectivity index (χ1n) is 6.92. The second kappa shape index (κ2) is 6.93. The van der Waals surface area contributed by atoms with Gasteiger partial charge < -0.3 is 50.0 Å². The standard InChI is InChI=1S/C12H20O11/c1-2-3(13)8(7(17)11(20)21-2)22-12-6(16)4(14)5(15)9(23-12)10(18)19/h2-9,11-17,20H,1H3,(H,18,19)/t2?,3?,4-,5-,6-,7-,8+,9?,11?,12?/m0/s1. The number of hydrogen-bond acceptors (Lipinski definition) is 10. The Balaban J connectivity index is 2.15. The fourth-order valence-corrected chi connectivity index (χ4v) is 2.49. The highest BCUT2D eigenvalue weighted by Crippen LogP contribution is 2.28. The molecule has 2 heterocycles. The van der Waals surface area contributed by atoms with E-state index in [2.05, 4.69) is 0 Å². The zero-order valence-electron chi connectivity index (χ0n) is 12.0. The van der Waals surface area contributed by atoms with Crippen LogP contribution in [0.1, 0.15) is 6.92 Å². The monoisotopic (exact) mass is 340 g/mol. The van der Waals surface area contributed by atoms with Crippen LogP contribution < -0.4 is 0 Å². The number of aliphatic hydroxyl groups excluding tert-OH is 6. The van der Waals surface area contributed by atoms with E-state index in [1.54, 1.807) is 0 Å². The molecule has 0 radical (unpaired) electrons. The molecule has 134 valence electrons. The van der Waals surface area contributed by atoms with E-state index >= 15 is 0 Å². The molecular formula is C12H20O11. The summed E-state index contributed by atoms with van der Waals surface area (Å²) in [6.45, 7) is 1.40. The van der Waals surface area contributed by atoms with Crippen LogP contribution in [0, 0.1) is 0 Å². The highest BCUT2D eigenvalue weighted by molar-refractivity contribution is 5.73. The van der Waals surface area contributed by atoms with Crippen LogP contribution in [0.15, 0.2) is 0 Å². The van der Waals surface area contributed by atoms with Crippen molar-refractivity contribution in [1.29, 1.82) is 0 Å². The van der Waals surface area contributed by atoms with Crippen LogP contribution in [0.25, 0.3) is 0 Å². The molecule has 0 bridgehead atoms. The van der Waals surface area contributed by atoms with Gasteiger partial charge in [-0.25, -0.2) is 4.79 Å². The predicted octanol–water partition coefficient (Wildman–Crippen LogP) is -4.28. The highest BCUT2D eigenvalue weighted by Gasteiger charge is 2.51. The van der Waals surface area contributed by atoms with Gasteiger partial charge >= 0.3 is 5.97 Å². The van der Waals surface area contributed by atoms with Gasteiger partial charge in [-0.2, -0.15) is 0 Å². The summed E-state index contributed by atoms with van der Waals surface area (Å²) >= 11 is 0. The second-order valence-electron chi connectivity index (χ2n) is 5.55. The molecule has 2 aliphatic heterocycles. The van der Waals surface area contributed by atoms with E-state index in [4.69, 9.17) is 19.3 Å². The molecule has 0 aromatic rings. The molecule has 11 nitrogen and oxygen atoms in total. The zero-order valence-corrected chi connectivity index (χ0v) is 12.0. The van der Waals surface area contributed by atoms with Crippen molar-refractivity contribution >= 4 is 5.97 Å². The third kappa shape index (κ3) is 3.47. The molecular weight excluding hydrogens is 320 g/mol. The van der Waals surface area contributed by atoms with E-state index in [0.717, 1.165) is 0 Å². The average Bonchev–Trinajstić information content (AvgIpc) is 2.49. The Morgan fingerprint density at radius 2 is 1.48 bits per heavy atom. The number of ether oxygens (including phenoxy) is 3. The molecule has 0 aromatic carbocycles. The van der Waals surface area contributed by atoms with Gasteiger partial charge in [0.15, 0.2) is 18.7 Å². The molecule has 0 amide bonds. The van der Waals surface area contributed by atoms with Crippen LogP contribution >= 0.6 is 0 Å². The Morgan fingerprint density at radius 3 is 2.04 bits per heavy atom. The lowest BCUT2D eigenvalue weighted by atomic mass is 9.97. The molecule has 2 rings (SSSR count). The number of aliphatic carboxylic acids is 1. The minimum atomic E-state index is -1.89. The summed E-state index contributed by atoms with van der Waals surface area (Å²) in [4.78, 5) is 11.0. The lowest BCUT2D eigenvalue weighted by Crippen LogP contribution is -2.64. The molecule has 10 atom stereocenters. The van der Waals surface area contributed by atoms with Crippen LogP contribution in [0.5, 0.6) is 0 Å². The van der Waals surface area contributed by atoms with Gasteiger partial charge in [0, 0.05) is 0 Å². The summed E-state index contributed by atoms with van der Waals surface area (Å²) in [6.07, 6.45) is -16.5. The van der Waals surface area contributed by atoms with Gasteiger partial charge in [0.1, 0.15) is 36.6 Å². The molecule has 23 heavy (non-hydrogen) atoms. The number of aliphatic hydroxyl groups is 6. The van der Waals surface area contributed by atoms with Gasteiger partial charge in [0.25, 0.3) is 0 Å². The lowest BCUT2D eigenvalue weighted by molar-refractivity contribution is -0.348. The van der Waals surface area contributed by atoms with E-state index in [0.29, 0.717) is 0 Å². The predicted molar refractivity (Wildman–Crippen MR) is 67.8 cm³/mol. The van der Waals surface area contributed by atoms with E-state index < -0.39 is 67.4 Å². The van der Waals surface area contributed by atoms with Crippen molar-refractivity contribution in [2.45, 2.75) is 68.3 Å². The maximum atomic E-state index is 11.0. The summed E-state index contributed by atoms with van der Waals surface area (Å²) in [7, 11) is 0. The van der Waals surface area contributed by atoms with Crippen molar-refractivity contribution in [3.63, 3.8) is 0 Å². The van der Waals surface area contributed by atoms with Crippen molar-refractivity contribution < 1.29 is 54.8 Å². The SMILES string of the molecule is CC1OC(O)[C@@H](O)[C@H](OC2OC(C(=O)O)[C@@H](O)[C@H](O)[C@@H]2O)C1O. The zero-order chi connectivity index (χ0) is 17.5. The highest BCUT2D eigenvalue weighted by atomic mass is 16.7. The molecule has 5 unspecified atom stereocenters. The fourth-order valence-electron chi connectivity index (χ4n) is 2.49. The van der Waals surface area contributed by atoms with Crippen molar-refractivity contribution in [2.75, 3.05) is 0 Å². The Kier molecular flexibility index (Phi) is 5.56. The van der Waals surface area contributed by atoms with E-state index in [1.807, 2.05) is 0 Å². The molecule has 2 saturated heterocycles. The summed E-state index contributed by atoms with van der Waals surface area (Å²) in [5.41, 5.74) is 0. The van der Waals surface area contributed by atoms with Gasteiger partial charge in [-0.05, 0) is 6.92 Å². The quantitative estimate of drug-likeness (QED) is 0.263. The Hall–Kier alpha value is -0.890. The van der Waals surface area contributed by atoms with Crippen LogP contribution in [-0.2, 0) is 19.0 Å². The van der Waals surface area contributed by atoms with Crippen LogP contribution in [0.2, 0.25) is 0 Å². The Morgan fingerprint density at radius 1 is 0.870 bits per heavy atom. The Labute approximate surface area is 130 Å². The van der Waals surface area contributed by atoms with Crippen LogP contribution in [0.4, 0.5) is 0 Å². The minimum absolute atomic E-state index is 0.926. The number of carboxylic acids is 1. The molecule has 0 aliphatic carbocycles. The summed E-state index contributed by atoms with van der Waals surface area (Å²) in [5.74, 6) is -1.60. The van der Waals surface area contributed by atoms with E-state index in [9.17, 15) is 35.4 Å². The molecule has 2 aliphatic rings. The van der Waals surface area contributed by atoms with E-state index in [1.165, 1.54) is 6.92 Å². The van der Waals surface area contributed by atoms with Crippen LogP contribution in [-0.4, -0.2) is 103 Å². The molecule has 0 saturated carbocycles. The van der Waals surface area contributed by atoms with Gasteiger partial charge in [-0.1, -0.05) is 0 Å². The lowest BCUT2D eigenvalue weighted by Gasteiger charge is -2.44. The smallest absolute Gasteiger partial charge is 0.335 e. The summed E-state index contributed by atoms with van der Waals surface area (Å²) in [6, 6.07) is 0. The first kappa shape index (κ1) is 18.4. The number of carbonyl (C=O) groups is 1. The van der Waals surface area contributed by atoms with Gasteiger partial charge in [0.05, 0.1) is 6.10 Å².